The maximum atomic E-state index is 12.3. The highest BCUT2D eigenvalue weighted by Crippen LogP contribution is 2.46. The van der Waals surface area contributed by atoms with E-state index in [0.29, 0.717) is 24.5 Å². The number of amides is 1. The Morgan fingerprint density at radius 3 is 2.45 bits per heavy atom. The first-order valence-corrected chi connectivity index (χ1v) is 11.5. The van der Waals surface area contributed by atoms with Crippen molar-refractivity contribution in [3.05, 3.63) is 0 Å². The summed E-state index contributed by atoms with van der Waals surface area (Å²) in [7, 11) is -0.304. The Kier molecular flexibility index (Phi) is 4.98. The van der Waals surface area contributed by atoms with E-state index in [9.17, 15) is 4.79 Å². The highest BCUT2D eigenvalue weighted by molar-refractivity contribution is 6.74. The van der Waals surface area contributed by atoms with E-state index in [1.165, 1.54) is 20.0 Å². The molecule has 0 aromatic heterocycles. The van der Waals surface area contributed by atoms with E-state index < -0.39 is 8.32 Å². The summed E-state index contributed by atoms with van der Waals surface area (Å²) in [5, 5.41) is 0.195. The molecule has 0 spiro atoms. The van der Waals surface area contributed by atoms with Crippen LogP contribution in [0.25, 0.3) is 0 Å². The molecule has 1 aliphatic heterocycles. The number of carbonyl (C=O) groups is 1. The first-order chi connectivity index (χ1) is 10.1. The standard InChI is InChI=1S/C17H33NO3Si/c1-12-13-9-8-10-14(13)18(16(19)20-5)15(12)11-21-22(6,7)17(2,3)4/h12-15H,8-11H2,1-7H3/t12-,13+,14+,15-/m0/s1. The summed E-state index contributed by atoms with van der Waals surface area (Å²) >= 11 is 0. The summed E-state index contributed by atoms with van der Waals surface area (Å²) in [4.78, 5) is 14.3. The van der Waals surface area contributed by atoms with Gasteiger partial charge in [0, 0.05) is 6.04 Å². The average Bonchev–Trinajstić information content (AvgIpc) is 2.97. The first-order valence-electron chi connectivity index (χ1n) is 8.60. The molecular weight excluding hydrogens is 294 g/mol. The lowest BCUT2D eigenvalue weighted by Gasteiger charge is -2.39. The third kappa shape index (κ3) is 3.07. The van der Waals surface area contributed by atoms with Gasteiger partial charge in [-0.05, 0) is 42.8 Å². The fourth-order valence-corrected chi connectivity index (χ4v) is 4.85. The first kappa shape index (κ1) is 17.8. The summed E-state index contributed by atoms with van der Waals surface area (Å²) in [6.45, 7) is 14.2. The number of hydrogen-bond acceptors (Lipinski definition) is 3. The quantitative estimate of drug-likeness (QED) is 0.727. The van der Waals surface area contributed by atoms with Crippen molar-refractivity contribution < 1.29 is 14.0 Å². The number of carbonyl (C=O) groups excluding carboxylic acids is 1. The van der Waals surface area contributed by atoms with Crippen molar-refractivity contribution >= 4 is 14.4 Å². The molecule has 2 aliphatic rings. The largest absolute Gasteiger partial charge is 0.453 e. The molecule has 0 N–H and O–H groups in total. The summed E-state index contributed by atoms with van der Waals surface area (Å²) in [5.74, 6) is 1.11. The normalized spacial score (nSPS) is 32.2. The molecule has 2 fully saturated rings. The van der Waals surface area contributed by atoms with E-state index in [1.807, 2.05) is 4.90 Å². The minimum absolute atomic E-state index is 0.164. The van der Waals surface area contributed by atoms with E-state index in [4.69, 9.17) is 9.16 Å². The molecule has 1 amide bonds. The van der Waals surface area contributed by atoms with Gasteiger partial charge in [0.15, 0.2) is 8.32 Å². The molecule has 1 saturated heterocycles. The smallest absolute Gasteiger partial charge is 0.410 e. The molecule has 1 aliphatic carbocycles. The molecule has 4 nitrogen and oxygen atoms in total. The van der Waals surface area contributed by atoms with Gasteiger partial charge in [0.25, 0.3) is 0 Å². The molecule has 0 bridgehead atoms. The Morgan fingerprint density at radius 2 is 1.91 bits per heavy atom. The van der Waals surface area contributed by atoms with Crippen LogP contribution in [0.1, 0.15) is 47.0 Å². The lowest BCUT2D eigenvalue weighted by atomic mass is 9.90. The van der Waals surface area contributed by atoms with Crippen molar-refractivity contribution in [1.29, 1.82) is 0 Å². The third-order valence-electron chi connectivity index (χ3n) is 6.34. The van der Waals surface area contributed by atoms with Crippen LogP contribution in [0.3, 0.4) is 0 Å². The molecule has 4 atom stereocenters. The van der Waals surface area contributed by atoms with Crippen LogP contribution in [-0.2, 0) is 9.16 Å². The van der Waals surface area contributed by atoms with Gasteiger partial charge in [-0.1, -0.05) is 34.1 Å². The number of methoxy groups -OCH3 is 1. The summed E-state index contributed by atoms with van der Waals surface area (Å²) < 4.78 is 11.5. The zero-order valence-electron chi connectivity index (χ0n) is 15.3. The fourth-order valence-electron chi connectivity index (χ4n) is 3.83. The van der Waals surface area contributed by atoms with Gasteiger partial charge in [-0.25, -0.2) is 4.79 Å². The van der Waals surface area contributed by atoms with Gasteiger partial charge in [-0.15, -0.1) is 0 Å². The Balaban J connectivity index is 2.12. The van der Waals surface area contributed by atoms with Crippen LogP contribution in [0.4, 0.5) is 4.79 Å². The van der Waals surface area contributed by atoms with Crippen LogP contribution in [-0.4, -0.2) is 45.1 Å². The van der Waals surface area contributed by atoms with Gasteiger partial charge in [0.2, 0.25) is 0 Å². The van der Waals surface area contributed by atoms with Crippen LogP contribution in [0.5, 0.6) is 0 Å². The van der Waals surface area contributed by atoms with E-state index in [2.05, 4.69) is 40.8 Å². The Morgan fingerprint density at radius 1 is 1.27 bits per heavy atom. The second kappa shape index (κ2) is 6.15. The van der Waals surface area contributed by atoms with Crippen molar-refractivity contribution in [2.75, 3.05) is 13.7 Å². The highest BCUT2D eigenvalue weighted by Gasteiger charge is 2.51. The van der Waals surface area contributed by atoms with Crippen LogP contribution in [0.15, 0.2) is 0 Å². The van der Waals surface area contributed by atoms with Gasteiger partial charge >= 0.3 is 6.09 Å². The molecule has 22 heavy (non-hydrogen) atoms. The molecule has 2 rings (SSSR count). The number of ether oxygens (including phenoxy) is 1. The zero-order valence-corrected chi connectivity index (χ0v) is 16.3. The molecule has 1 saturated carbocycles. The van der Waals surface area contributed by atoms with Crippen molar-refractivity contribution in [2.24, 2.45) is 11.8 Å². The van der Waals surface area contributed by atoms with Crippen molar-refractivity contribution in [3.63, 3.8) is 0 Å². The lowest BCUT2D eigenvalue weighted by molar-refractivity contribution is 0.0799. The minimum atomic E-state index is -1.79. The van der Waals surface area contributed by atoms with E-state index in [0.717, 1.165) is 6.42 Å². The average molecular weight is 328 g/mol. The molecule has 0 aromatic carbocycles. The van der Waals surface area contributed by atoms with Gasteiger partial charge < -0.3 is 9.16 Å². The molecule has 1 heterocycles. The molecule has 0 aromatic rings. The van der Waals surface area contributed by atoms with Gasteiger partial charge in [0.05, 0.1) is 19.8 Å². The summed E-state index contributed by atoms with van der Waals surface area (Å²) in [6, 6.07) is 0.521. The zero-order chi connectivity index (χ0) is 16.7. The molecule has 128 valence electrons. The molecule has 0 radical (unpaired) electrons. The second-order valence-corrected chi connectivity index (χ2v) is 13.3. The minimum Gasteiger partial charge on any atom is -0.453 e. The van der Waals surface area contributed by atoms with Crippen molar-refractivity contribution in [2.45, 2.75) is 77.2 Å². The lowest BCUT2D eigenvalue weighted by Crippen LogP contribution is -2.48. The Labute approximate surface area is 136 Å². The van der Waals surface area contributed by atoms with Gasteiger partial charge in [-0.2, -0.15) is 0 Å². The second-order valence-electron chi connectivity index (χ2n) is 8.54. The third-order valence-corrected chi connectivity index (χ3v) is 10.8. The number of likely N-dealkylation sites (tertiary alicyclic amines) is 1. The maximum absolute atomic E-state index is 12.3. The number of fused-ring (bicyclic) bond motifs is 1. The molecular formula is C17H33NO3Si. The summed E-state index contributed by atoms with van der Waals surface area (Å²) in [5.41, 5.74) is 0. The monoisotopic (exact) mass is 327 g/mol. The van der Waals surface area contributed by atoms with E-state index >= 15 is 0 Å². The molecule has 5 heteroatoms. The van der Waals surface area contributed by atoms with E-state index in [1.54, 1.807) is 0 Å². The predicted molar refractivity (Wildman–Crippen MR) is 91.5 cm³/mol. The number of nitrogens with zero attached hydrogens (tertiary/aromatic N) is 1. The SMILES string of the molecule is COC(=O)N1[C@@H]2CCC[C@@H]2[C@H](C)[C@@H]1CO[Si](C)(C)C(C)(C)C. The van der Waals surface area contributed by atoms with Crippen LogP contribution >= 0.6 is 0 Å². The number of rotatable bonds is 3. The Hall–Kier alpha value is -0.553. The van der Waals surface area contributed by atoms with Crippen molar-refractivity contribution in [1.82, 2.24) is 4.90 Å². The maximum Gasteiger partial charge on any atom is 0.410 e. The van der Waals surface area contributed by atoms with Gasteiger partial charge in [0.1, 0.15) is 0 Å². The van der Waals surface area contributed by atoms with Crippen molar-refractivity contribution in [3.8, 4) is 0 Å². The summed E-state index contributed by atoms with van der Waals surface area (Å²) in [6.07, 6.45) is 3.39. The number of hydrogen-bond donors (Lipinski definition) is 0. The Bertz CT molecular complexity index is 419. The fraction of sp³-hybridized carbons (Fsp3) is 0.941. The van der Waals surface area contributed by atoms with Gasteiger partial charge in [-0.3, -0.25) is 4.90 Å². The van der Waals surface area contributed by atoms with Crippen LogP contribution in [0.2, 0.25) is 18.1 Å². The topological polar surface area (TPSA) is 38.8 Å². The predicted octanol–water partition coefficient (Wildman–Crippen LogP) is 4.26. The van der Waals surface area contributed by atoms with Crippen LogP contribution in [0, 0.1) is 11.8 Å². The highest BCUT2D eigenvalue weighted by atomic mass is 28.4. The van der Waals surface area contributed by atoms with E-state index in [-0.39, 0.29) is 17.2 Å². The molecule has 0 unspecified atom stereocenters. The van der Waals surface area contributed by atoms with Crippen LogP contribution < -0.4 is 0 Å².